The molecule has 2 aliphatic rings. The molecule has 2 heterocycles. The van der Waals surface area contributed by atoms with Crippen molar-refractivity contribution in [3.8, 4) is 5.75 Å². The Labute approximate surface area is 451 Å². The summed E-state index contributed by atoms with van der Waals surface area (Å²) in [6, 6.07) is 3.09. The number of aliphatic carboxylic acids is 1. The third kappa shape index (κ3) is 23.1. The van der Waals surface area contributed by atoms with Crippen LogP contribution in [0.3, 0.4) is 0 Å². The quantitative estimate of drug-likeness (QED) is 0.0468. The fraction of sp³-hybridized carbons (Fsp3) is 0.500. The number of nitrogens with one attached hydrogen (secondary N) is 7. The van der Waals surface area contributed by atoms with E-state index in [9.17, 15) is 57.8 Å². The first-order valence-corrected chi connectivity index (χ1v) is 26.9. The van der Waals surface area contributed by atoms with Crippen LogP contribution in [0.25, 0.3) is 0 Å². The molecular weight excluding hydrogens is 1050 g/mol. The molecule has 27 nitrogen and oxygen atoms in total. The highest BCUT2D eigenvalue weighted by molar-refractivity contribution is 8.76. The second-order valence-corrected chi connectivity index (χ2v) is 20.5. The summed E-state index contributed by atoms with van der Waals surface area (Å²) in [7, 11) is 2.02. The highest BCUT2D eigenvalue weighted by Crippen LogP contribution is 2.26. The first-order valence-electron chi connectivity index (χ1n) is 24.5. The van der Waals surface area contributed by atoms with Crippen molar-refractivity contribution in [3.05, 3.63) is 65.7 Å². The van der Waals surface area contributed by atoms with Crippen LogP contribution in [0.2, 0.25) is 0 Å². The van der Waals surface area contributed by atoms with Gasteiger partial charge < -0.3 is 81.0 Å². The van der Waals surface area contributed by atoms with E-state index < -0.39 is 145 Å². The minimum Gasteiger partial charge on any atom is -0.508 e. The molecule has 4 rings (SSSR count). The number of benzene rings is 2. The zero-order valence-corrected chi connectivity index (χ0v) is 44.0. The third-order valence-corrected chi connectivity index (χ3v) is 14.1. The van der Waals surface area contributed by atoms with Gasteiger partial charge in [0.1, 0.15) is 48.0 Å². The number of primary amides is 3. The smallest absolute Gasteiger partial charge is 0.300 e. The number of aromatic hydroxyl groups is 1. The maximum atomic E-state index is 14.6. The number of carboxylic acids is 1. The maximum absolute atomic E-state index is 14.6. The lowest BCUT2D eigenvalue weighted by Crippen LogP contribution is -2.61. The molecular formula is C48H69N13O14S2. The first kappa shape index (κ1) is 63.8. The first-order chi connectivity index (χ1) is 36.5. The average Bonchev–Trinajstić information content (AvgIpc) is 3.87. The van der Waals surface area contributed by atoms with Crippen molar-refractivity contribution in [2.24, 2.45) is 28.7 Å². The molecule has 2 aliphatic heterocycles. The number of nitrogens with zero attached hydrogens (tertiary/aromatic N) is 1. The summed E-state index contributed by atoms with van der Waals surface area (Å²) >= 11 is 0. The summed E-state index contributed by atoms with van der Waals surface area (Å²) in [5.41, 5.74) is 29.2. The lowest BCUT2D eigenvalue weighted by Gasteiger charge is -2.31. The van der Waals surface area contributed by atoms with Gasteiger partial charge in [0.05, 0.1) is 19.0 Å². The number of phenolic OH excluding ortho intramolecular Hbond substituents is 1. The van der Waals surface area contributed by atoms with E-state index in [-0.39, 0.29) is 49.5 Å². The van der Waals surface area contributed by atoms with E-state index >= 15 is 0 Å². The van der Waals surface area contributed by atoms with Crippen LogP contribution >= 0.6 is 21.6 Å². The predicted molar refractivity (Wildman–Crippen MR) is 282 cm³/mol. The second kappa shape index (κ2) is 32.8. The lowest BCUT2D eigenvalue weighted by atomic mass is 10.0. The predicted octanol–water partition coefficient (Wildman–Crippen LogP) is -4.24. The number of amides is 11. The number of nitrogens with two attached hydrogens (primary N) is 5. The normalized spacial score (nSPS) is 22.1. The molecule has 29 heteroatoms. The summed E-state index contributed by atoms with van der Waals surface area (Å²) in [4.78, 5) is 158. The SMILES string of the molecule is CC(=O)O.NCCCC[C@H](NC(=O)[C@@H]1CCCN1C(=O)[C@@H]1CSSC[C@H](N)C(=O)N[C@@H](Cc2ccc(O)cc2)C(=O)N[C@@H](Cc2ccccc2)C(=O)N[C@@H](CCC(N)=O)C(=O)N[C@@H](CC(N)=O)C(=O)N1)C(=O)NCC(N)=O. The van der Waals surface area contributed by atoms with E-state index in [4.69, 9.17) is 38.6 Å². The minimum absolute atomic E-state index is 0.0324. The molecule has 19 N–H and O–H groups in total. The molecule has 0 radical (unpaired) electrons. The molecule has 0 saturated carbocycles. The molecule has 422 valence electrons. The van der Waals surface area contributed by atoms with E-state index in [0.29, 0.717) is 36.9 Å². The van der Waals surface area contributed by atoms with Gasteiger partial charge in [-0.1, -0.05) is 64.1 Å². The Balaban J connectivity index is 0.00000376. The minimum atomic E-state index is -1.78. The molecule has 0 bridgehead atoms. The molecule has 8 atom stereocenters. The van der Waals surface area contributed by atoms with E-state index in [1.807, 2.05) is 0 Å². The van der Waals surface area contributed by atoms with Gasteiger partial charge in [-0.15, -0.1) is 0 Å². The van der Waals surface area contributed by atoms with Crippen LogP contribution in [-0.4, -0.2) is 166 Å². The van der Waals surface area contributed by atoms with Crippen molar-refractivity contribution >= 4 is 92.5 Å². The number of carbonyl (C=O) groups is 12. The zero-order chi connectivity index (χ0) is 57.2. The molecule has 11 amide bonds. The fourth-order valence-electron chi connectivity index (χ4n) is 7.79. The van der Waals surface area contributed by atoms with E-state index in [2.05, 4.69) is 37.2 Å². The number of carboxylic acid groups (broad SMARTS) is 1. The van der Waals surface area contributed by atoms with Gasteiger partial charge in [0.25, 0.3) is 5.97 Å². The standard InChI is InChI=1S/C46H65N13O12S2.C2H4O2/c47-17-5-4-9-29(40(65)52-22-38(51)63)54-45(70)35-10-6-18-59(35)46(71)34-24-73-72-23-28(48)39(64)55-31(20-26-11-13-27(60)14-12-26)43(68)56-32(19-25-7-2-1-3-8-25)42(67)53-30(15-16-36(49)61)41(66)57-33(21-37(50)62)44(69)58-34;1-2(3)4/h1-3,7-8,11-14,28-35,60H,4-6,9-10,15-24,47-48H2,(H2,49,61)(H2,50,62)(H2,51,63)(H,52,65)(H,53,67)(H,54,70)(H,55,64)(H,56,68)(H,57,66)(H,58,69);1H3,(H,3,4)/t28-,29-,30-,31-,32-,33-,34-,35-;/m0./s1. The van der Waals surface area contributed by atoms with E-state index in [1.54, 1.807) is 30.3 Å². The number of unbranched alkanes of at least 4 members (excludes halogenated alkanes) is 1. The molecule has 0 aromatic heterocycles. The van der Waals surface area contributed by atoms with Gasteiger partial charge >= 0.3 is 0 Å². The Bertz CT molecular complexity index is 2400. The van der Waals surface area contributed by atoms with Crippen molar-refractivity contribution in [2.45, 2.75) is 119 Å². The maximum Gasteiger partial charge on any atom is 0.300 e. The van der Waals surface area contributed by atoms with E-state index in [0.717, 1.165) is 28.5 Å². The van der Waals surface area contributed by atoms with Crippen LogP contribution in [0, 0.1) is 0 Å². The lowest BCUT2D eigenvalue weighted by molar-refractivity contribution is -0.142. The molecule has 2 aromatic carbocycles. The summed E-state index contributed by atoms with van der Waals surface area (Å²) in [6.07, 6.45) is -0.386. The van der Waals surface area contributed by atoms with Crippen LogP contribution in [-0.2, 0) is 70.4 Å². The van der Waals surface area contributed by atoms with Gasteiger partial charge in [-0.05, 0) is 68.3 Å². The Kier molecular flexibility index (Phi) is 27.2. The number of hydrogen-bond donors (Lipinski definition) is 14. The summed E-state index contributed by atoms with van der Waals surface area (Å²) in [5, 5.41) is 35.2. The molecule has 0 unspecified atom stereocenters. The fourth-order valence-corrected chi connectivity index (χ4v) is 10.1. The topological polar surface area (TPSA) is 463 Å². The Morgan fingerprint density at radius 3 is 1.84 bits per heavy atom. The Morgan fingerprint density at radius 2 is 1.26 bits per heavy atom. The van der Waals surface area contributed by atoms with Crippen LogP contribution in [0.4, 0.5) is 0 Å². The number of hydrogen-bond acceptors (Lipinski definition) is 17. The second-order valence-electron chi connectivity index (χ2n) is 18.0. The molecule has 0 spiro atoms. The van der Waals surface area contributed by atoms with E-state index in [1.165, 1.54) is 29.2 Å². The summed E-state index contributed by atoms with van der Waals surface area (Å²) < 4.78 is 0. The van der Waals surface area contributed by atoms with Gasteiger partial charge in [0.15, 0.2) is 0 Å². The van der Waals surface area contributed by atoms with Gasteiger partial charge in [-0.3, -0.25) is 57.5 Å². The van der Waals surface area contributed by atoms with Crippen molar-refractivity contribution in [1.29, 1.82) is 0 Å². The van der Waals surface area contributed by atoms with Crippen LogP contribution in [0.5, 0.6) is 5.75 Å². The van der Waals surface area contributed by atoms with Gasteiger partial charge in [-0.2, -0.15) is 0 Å². The number of phenols is 1. The summed E-state index contributed by atoms with van der Waals surface area (Å²) in [5.74, 6) is -10.8. The molecule has 77 heavy (non-hydrogen) atoms. The highest BCUT2D eigenvalue weighted by atomic mass is 33.1. The van der Waals surface area contributed by atoms with Crippen molar-refractivity contribution in [1.82, 2.24) is 42.1 Å². The molecule has 2 saturated heterocycles. The van der Waals surface area contributed by atoms with Crippen LogP contribution in [0.15, 0.2) is 54.6 Å². The molecule has 2 fully saturated rings. The van der Waals surface area contributed by atoms with Gasteiger partial charge in [-0.25, -0.2) is 0 Å². The van der Waals surface area contributed by atoms with Crippen LogP contribution < -0.4 is 65.9 Å². The third-order valence-electron chi connectivity index (χ3n) is 11.6. The Hall–Kier alpha value is -7.50. The van der Waals surface area contributed by atoms with Gasteiger partial charge in [0.2, 0.25) is 65.0 Å². The van der Waals surface area contributed by atoms with Crippen LogP contribution in [0.1, 0.15) is 69.4 Å². The van der Waals surface area contributed by atoms with Crippen molar-refractivity contribution in [2.75, 3.05) is 31.1 Å². The average molecular weight is 1120 g/mol. The number of rotatable bonds is 19. The van der Waals surface area contributed by atoms with Gasteiger partial charge in [0, 0.05) is 44.2 Å². The summed E-state index contributed by atoms with van der Waals surface area (Å²) in [6.45, 7) is 0.936. The number of likely N-dealkylation sites (tertiary alicyclic amines) is 1. The monoisotopic (exact) mass is 1120 g/mol. The van der Waals surface area contributed by atoms with Crippen molar-refractivity contribution < 1.29 is 67.7 Å². The zero-order valence-electron chi connectivity index (χ0n) is 42.4. The highest BCUT2D eigenvalue weighted by Gasteiger charge is 2.40. The van der Waals surface area contributed by atoms with Crippen molar-refractivity contribution in [3.63, 3.8) is 0 Å². The Morgan fingerprint density at radius 1 is 0.714 bits per heavy atom. The molecule has 2 aromatic rings. The molecule has 0 aliphatic carbocycles. The largest absolute Gasteiger partial charge is 0.508 e. The number of carbonyl (C=O) groups excluding carboxylic acids is 11.